The van der Waals surface area contributed by atoms with Gasteiger partial charge in [-0.2, -0.15) is 0 Å². The summed E-state index contributed by atoms with van der Waals surface area (Å²) in [4.78, 5) is 8.89. The molecule has 0 atom stereocenters. The van der Waals surface area contributed by atoms with Crippen LogP contribution in [-0.2, 0) is 16.5 Å². The lowest BCUT2D eigenvalue weighted by atomic mass is 10.1. The van der Waals surface area contributed by atoms with Crippen molar-refractivity contribution in [3.63, 3.8) is 0 Å². The zero-order chi connectivity index (χ0) is 9.84. The molecule has 1 aliphatic rings. The summed E-state index contributed by atoms with van der Waals surface area (Å²) in [5, 5.41) is 9.63. The Morgan fingerprint density at radius 3 is 2.46 bits per heavy atom. The van der Waals surface area contributed by atoms with Gasteiger partial charge in [-0.15, -0.1) is 0 Å². The first-order valence-corrected chi connectivity index (χ1v) is 4.06. The number of carbonyl (C=O) groups excluding carboxylic acids is 1. The van der Waals surface area contributed by atoms with E-state index in [1.165, 1.54) is 5.56 Å². The Labute approximate surface area is 80.9 Å². The minimum absolute atomic E-state index is 0.743. The predicted octanol–water partition coefficient (Wildman–Crippen LogP) is 2.20. The highest BCUT2D eigenvalue weighted by molar-refractivity contribution is 6.30. The molecule has 1 aliphatic heterocycles. The Kier molecular flexibility index (Phi) is 3.14. The fourth-order valence-corrected chi connectivity index (χ4v) is 1.02. The lowest BCUT2D eigenvalue weighted by Crippen LogP contribution is -2.08. The Bertz CT molecular complexity index is 319. The molecule has 0 unspecified atom stereocenters. The fourth-order valence-electron chi connectivity index (χ4n) is 0.857. The lowest BCUT2D eigenvalue weighted by Gasteiger charge is -2.19. The average molecular weight is 200 g/mol. The summed E-state index contributed by atoms with van der Waals surface area (Å²) < 4.78 is 5.07. The minimum Gasteiger partial charge on any atom is -0.488 e. The zero-order valence-corrected chi connectivity index (χ0v) is 7.80. The molecule has 0 fully saturated rings. The van der Waals surface area contributed by atoms with Crippen molar-refractivity contribution >= 4 is 17.6 Å². The van der Waals surface area contributed by atoms with Crippen molar-refractivity contribution < 1.29 is 14.6 Å². The molecule has 0 bridgehead atoms. The molecule has 4 heteroatoms. The summed E-state index contributed by atoms with van der Waals surface area (Å²) in [5.74, 6) is -0.150. The average Bonchev–Trinajstić information content (AvgIpc) is 1.95. The van der Waals surface area contributed by atoms with Crippen LogP contribution in [0.3, 0.4) is 0 Å². The summed E-state index contributed by atoms with van der Waals surface area (Å²) in [6, 6.07) is 5.70. The van der Waals surface area contributed by atoms with Crippen LogP contribution in [0.15, 0.2) is 18.2 Å². The van der Waals surface area contributed by atoms with Crippen molar-refractivity contribution in [2.45, 2.75) is 13.5 Å². The van der Waals surface area contributed by atoms with Gasteiger partial charge in [0.15, 0.2) is 0 Å². The van der Waals surface area contributed by atoms with Gasteiger partial charge in [0.05, 0.1) is 0 Å². The highest BCUT2D eigenvalue weighted by Gasteiger charge is 2.12. The van der Waals surface area contributed by atoms with Crippen molar-refractivity contribution in [1.29, 1.82) is 0 Å². The van der Waals surface area contributed by atoms with Crippen LogP contribution in [0.5, 0.6) is 5.75 Å². The number of hydrogen-bond donors (Lipinski definition) is 0. The summed E-state index contributed by atoms with van der Waals surface area (Å²) in [6.45, 7) is 1.71. The summed E-state index contributed by atoms with van der Waals surface area (Å²) in [6.07, 6.45) is 0. The van der Waals surface area contributed by atoms with Gasteiger partial charge in [-0.1, -0.05) is 17.7 Å². The van der Waals surface area contributed by atoms with Gasteiger partial charge >= 0.3 is 5.97 Å². The zero-order valence-electron chi connectivity index (χ0n) is 7.04. The summed E-state index contributed by atoms with van der Waals surface area (Å²) >= 11 is 5.67. The summed E-state index contributed by atoms with van der Waals surface area (Å²) in [5.41, 5.74) is 1.25. The molecule has 0 aliphatic carbocycles. The molecular weight excluding hydrogens is 192 g/mol. The third kappa shape index (κ3) is 2.95. The molecule has 1 aromatic carbocycles. The van der Waals surface area contributed by atoms with E-state index in [0.29, 0.717) is 0 Å². The van der Waals surface area contributed by atoms with E-state index < -0.39 is 5.97 Å². The number of fused-ring (bicyclic) bond motifs is 1. The Morgan fingerprint density at radius 2 is 2.15 bits per heavy atom. The number of halogens is 1. The van der Waals surface area contributed by atoms with Crippen LogP contribution in [0.1, 0.15) is 12.5 Å². The number of rotatable bonds is 0. The molecule has 0 aromatic heterocycles. The molecule has 0 spiro atoms. The van der Waals surface area contributed by atoms with Crippen molar-refractivity contribution in [3.05, 3.63) is 28.8 Å². The smallest absolute Gasteiger partial charge is 0.352 e. The van der Waals surface area contributed by atoms with Crippen molar-refractivity contribution in [1.82, 2.24) is 0 Å². The maximum absolute atomic E-state index is 8.89. The van der Waals surface area contributed by atoms with Crippen LogP contribution < -0.4 is 4.74 Å². The molecule has 0 saturated heterocycles. The second-order valence-corrected chi connectivity index (χ2v) is 2.97. The SMILES string of the molecule is CC([O])=O.Clc1ccc2c(c1)OC2. The fraction of sp³-hybridized carbons (Fsp3) is 0.222. The first kappa shape index (κ1) is 9.86. The van der Waals surface area contributed by atoms with Crippen LogP contribution in [0.25, 0.3) is 0 Å². The van der Waals surface area contributed by atoms with E-state index in [1.54, 1.807) is 0 Å². The van der Waals surface area contributed by atoms with E-state index >= 15 is 0 Å². The van der Waals surface area contributed by atoms with E-state index in [2.05, 4.69) is 0 Å². The molecule has 13 heavy (non-hydrogen) atoms. The largest absolute Gasteiger partial charge is 0.488 e. The quantitative estimate of drug-likeness (QED) is 0.643. The van der Waals surface area contributed by atoms with Gasteiger partial charge in [0.25, 0.3) is 0 Å². The van der Waals surface area contributed by atoms with Gasteiger partial charge < -0.3 is 4.74 Å². The molecule has 1 heterocycles. The van der Waals surface area contributed by atoms with Crippen molar-refractivity contribution in [2.24, 2.45) is 0 Å². The third-order valence-electron chi connectivity index (χ3n) is 1.41. The second-order valence-electron chi connectivity index (χ2n) is 2.53. The van der Waals surface area contributed by atoms with Gasteiger partial charge in [-0.05, 0) is 12.1 Å². The van der Waals surface area contributed by atoms with Gasteiger partial charge in [0, 0.05) is 17.5 Å². The molecular formula is C9H8ClO3. The van der Waals surface area contributed by atoms with E-state index in [-0.39, 0.29) is 0 Å². The monoisotopic (exact) mass is 199 g/mol. The highest BCUT2D eigenvalue weighted by atomic mass is 35.5. The van der Waals surface area contributed by atoms with Gasteiger partial charge in [-0.25, -0.2) is 9.90 Å². The summed E-state index contributed by atoms with van der Waals surface area (Å²) in [7, 11) is 0. The maximum Gasteiger partial charge on any atom is 0.352 e. The number of ether oxygens (including phenoxy) is 1. The Balaban J connectivity index is 0.000000184. The van der Waals surface area contributed by atoms with Crippen LogP contribution in [-0.4, -0.2) is 5.97 Å². The number of hydrogen-bond acceptors (Lipinski definition) is 2. The molecule has 2 rings (SSSR count). The molecule has 1 aromatic rings. The highest BCUT2D eigenvalue weighted by Crippen LogP contribution is 2.31. The van der Waals surface area contributed by atoms with Gasteiger partial charge in [0.1, 0.15) is 12.4 Å². The standard InChI is InChI=1S/C7H5ClO.C2H3O2/c8-6-2-1-5-4-9-7(5)3-6;1-2(3)4/h1-3H,4H2;1H3. The molecule has 3 nitrogen and oxygen atoms in total. The van der Waals surface area contributed by atoms with Crippen LogP contribution in [0.4, 0.5) is 0 Å². The maximum atomic E-state index is 8.89. The molecule has 0 amide bonds. The topological polar surface area (TPSA) is 46.2 Å². The first-order valence-electron chi connectivity index (χ1n) is 3.68. The number of benzene rings is 1. The predicted molar refractivity (Wildman–Crippen MR) is 47.2 cm³/mol. The molecule has 1 radical (unpaired) electrons. The Morgan fingerprint density at radius 1 is 1.54 bits per heavy atom. The van der Waals surface area contributed by atoms with Crippen LogP contribution in [0.2, 0.25) is 5.02 Å². The van der Waals surface area contributed by atoms with Crippen molar-refractivity contribution in [3.8, 4) is 5.75 Å². The Hall–Kier alpha value is -1.22. The normalized spacial score (nSPS) is 11.2. The first-order chi connectivity index (χ1) is 6.09. The lowest BCUT2D eigenvalue weighted by molar-refractivity contribution is -0.140. The van der Waals surface area contributed by atoms with Crippen molar-refractivity contribution in [2.75, 3.05) is 0 Å². The van der Waals surface area contributed by atoms with Gasteiger partial charge in [-0.3, -0.25) is 0 Å². The van der Waals surface area contributed by atoms with Crippen LogP contribution in [0, 0.1) is 0 Å². The van der Waals surface area contributed by atoms with Crippen LogP contribution >= 0.6 is 11.6 Å². The second kappa shape index (κ2) is 4.14. The van der Waals surface area contributed by atoms with E-state index in [0.717, 1.165) is 24.3 Å². The molecule has 69 valence electrons. The molecule has 0 saturated carbocycles. The van der Waals surface area contributed by atoms with E-state index in [1.807, 2.05) is 18.2 Å². The minimum atomic E-state index is -1.08. The molecule has 0 N–H and O–H groups in total. The number of carbonyl (C=O) groups is 1. The van der Waals surface area contributed by atoms with E-state index in [4.69, 9.17) is 26.2 Å². The van der Waals surface area contributed by atoms with E-state index in [9.17, 15) is 0 Å². The third-order valence-corrected chi connectivity index (χ3v) is 1.65. The van der Waals surface area contributed by atoms with Gasteiger partial charge in [0.2, 0.25) is 0 Å².